The van der Waals surface area contributed by atoms with Gasteiger partial charge in [-0.05, 0) is 19.1 Å². The van der Waals surface area contributed by atoms with Gasteiger partial charge in [0.1, 0.15) is 6.10 Å². The van der Waals surface area contributed by atoms with Gasteiger partial charge in [0.2, 0.25) is 0 Å². The minimum atomic E-state index is -4.37. The number of esters is 1. The SMILES string of the molecule is CCOC(=O)CC(OS(=O)(=O)c1ccc([N+](=O)[O-])cc1)C(=O)CC. The fraction of sp³-hybridized carbons (Fsp3) is 0.429. The Labute approximate surface area is 138 Å². The zero-order valence-electron chi connectivity index (χ0n) is 13.1. The van der Waals surface area contributed by atoms with Crippen LogP contribution < -0.4 is 0 Å². The highest BCUT2D eigenvalue weighted by Gasteiger charge is 2.29. The summed E-state index contributed by atoms with van der Waals surface area (Å²) in [4.78, 5) is 32.9. The Morgan fingerprint density at radius 3 is 2.25 bits per heavy atom. The molecular weight excluding hydrogens is 342 g/mol. The van der Waals surface area contributed by atoms with E-state index in [-0.39, 0.29) is 23.6 Å². The van der Waals surface area contributed by atoms with Crippen LogP contribution in [0.4, 0.5) is 5.69 Å². The maximum absolute atomic E-state index is 12.2. The first-order chi connectivity index (χ1) is 11.2. The molecule has 1 unspecified atom stereocenters. The first-order valence-electron chi connectivity index (χ1n) is 7.07. The van der Waals surface area contributed by atoms with E-state index in [2.05, 4.69) is 4.74 Å². The van der Waals surface area contributed by atoms with Crippen LogP contribution in [0.3, 0.4) is 0 Å². The number of carbonyl (C=O) groups excluding carboxylic acids is 2. The molecule has 0 fully saturated rings. The van der Waals surface area contributed by atoms with Gasteiger partial charge in [-0.1, -0.05) is 6.92 Å². The lowest BCUT2D eigenvalue weighted by Gasteiger charge is -2.15. The molecule has 0 aromatic heterocycles. The number of hydrogen-bond acceptors (Lipinski definition) is 8. The average Bonchev–Trinajstić information content (AvgIpc) is 2.53. The Kier molecular flexibility index (Phi) is 6.98. The van der Waals surface area contributed by atoms with E-state index in [9.17, 15) is 28.1 Å². The summed E-state index contributed by atoms with van der Waals surface area (Å²) < 4.78 is 33.9. The van der Waals surface area contributed by atoms with Crippen LogP contribution in [-0.2, 0) is 28.6 Å². The topological polar surface area (TPSA) is 130 Å². The van der Waals surface area contributed by atoms with E-state index in [0.29, 0.717) is 0 Å². The Morgan fingerprint density at radius 1 is 1.21 bits per heavy atom. The van der Waals surface area contributed by atoms with Crippen molar-refractivity contribution in [2.24, 2.45) is 0 Å². The predicted octanol–water partition coefficient (Wildman–Crippen LogP) is 1.60. The first kappa shape index (κ1) is 19.7. The van der Waals surface area contributed by atoms with Crippen LogP contribution in [-0.4, -0.2) is 37.8 Å². The van der Waals surface area contributed by atoms with Gasteiger partial charge in [0.05, 0.1) is 22.8 Å². The van der Waals surface area contributed by atoms with Gasteiger partial charge in [0, 0.05) is 18.6 Å². The summed E-state index contributed by atoms with van der Waals surface area (Å²) in [7, 11) is -4.37. The second-order valence-corrected chi connectivity index (χ2v) is 6.19. The highest BCUT2D eigenvalue weighted by molar-refractivity contribution is 7.86. The summed E-state index contributed by atoms with van der Waals surface area (Å²) in [6.45, 7) is 3.16. The van der Waals surface area contributed by atoms with Crippen molar-refractivity contribution < 1.29 is 31.9 Å². The third-order valence-corrected chi connectivity index (χ3v) is 4.28. The molecular formula is C14H17NO8S. The quantitative estimate of drug-likeness (QED) is 0.281. The number of non-ortho nitro benzene ring substituents is 1. The van der Waals surface area contributed by atoms with Crippen molar-refractivity contribution in [2.75, 3.05) is 6.61 Å². The molecule has 0 spiro atoms. The summed E-state index contributed by atoms with van der Waals surface area (Å²) >= 11 is 0. The minimum absolute atomic E-state index is 0.0279. The first-order valence-corrected chi connectivity index (χ1v) is 8.48. The summed E-state index contributed by atoms with van der Waals surface area (Å²) in [5, 5.41) is 10.6. The number of carbonyl (C=O) groups is 2. The Hall–Kier alpha value is -2.33. The molecule has 0 saturated heterocycles. The molecule has 132 valence electrons. The Morgan fingerprint density at radius 2 is 1.79 bits per heavy atom. The normalized spacial score (nSPS) is 12.4. The summed E-state index contributed by atoms with van der Waals surface area (Å²) in [5.41, 5.74) is -0.290. The molecule has 10 heteroatoms. The molecule has 0 N–H and O–H groups in total. The lowest BCUT2D eigenvalue weighted by molar-refractivity contribution is -0.384. The van der Waals surface area contributed by atoms with Gasteiger partial charge in [-0.15, -0.1) is 0 Å². The lowest BCUT2D eigenvalue weighted by atomic mass is 10.1. The lowest BCUT2D eigenvalue weighted by Crippen LogP contribution is -2.30. The van der Waals surface area contributed by atoms with E-state index in [1.54, 1.807) is 6.92 Å². The van der Waals surface area contributed by atoms with Gasteiger partial charge in [-0.25, -0.2) is 0 Å². The van der Waals surface area contributed by atoms with Crippen molar-refractivity contribution in [3.8, 4) is 0 Å². The predicted molar refractivity (Wildman–Crippen MR) is 81.7 cm³/mol. The van der Waals surface area contributed by atoms with E-state index in [1.807, 2.05) is 0 Å². The fourth-order valence-corrected chi connectivity index (χ4v) is 2.81. The number of nitrogens with zero attached hydrogens (tertiary/aromatic N) is 1. The van der Waals surface area contributed by atoms with E-state index in [0.717, 1.165) is 24.3 Å². The number of Topliss-reactive ketones (excluding diaryl/α,β-unsaturated/α-hetero) is 1. The molecule has 1 atom stereocenters. The van der Waals surface area contributed by atoms with Crippen molar-refractivity contribution in [1.82, 2.24) is 0 Å². The number of benzene rings is 1. The van der Waals surface area contributed by atoms with Crippen LogP contribution in [0.1, 0.15) is 26.7 Å². The molecule has 24 heavy (non-hydrogen) atoms. The summed E-state index contributed by atoms with van der Waals surface area (Å²) in [6, 6.07) is 3.98. The highest BCUT2D eigenvalue weighted by Crippen LogP contribution is 2.20. The molecule has 0 aliphatic carbocycles. The minimum Gasteiger partial charge on any atom is -0.466 e. The largest absolute Gasteiger partial charge is 0.466 e. The monoisotopic (exact) mass is 359 g/mol. The van der Waals surface area contributed by atoms with E-state index >= 15 is 0 Å². The zero-order chi connectivity index (χ0) is 18.3. The molecule has 0 saturated carbocycles. The van der Waals surface area contributed by atoms with Gasteiger partial charge < -0.3 is 4.74 Å². The standard InChI is InChI=1S/C14H17NO8S/c1-3-12(16)13(9-14(17)22-4-2)23-24(20,21)11-7-5-10(6-8-11)15(18)19/h5-8,13H,3-4,9H2,1-2H3. The summed E-state index contributed by atoms with van der Waals surface area (Å²) in [6.07, 6.45) is -2.07. The van der Waals surface area contributed by atoms with Crippen molar-refractivity contribution >= 4 is 27.6 Å². The Bertz CT molecular complexity index is 711. The maximum atomic E-state index is 12.2. The molecule has 1 aromatic carbocycles. The van der Waals surface area contributed by atoms with Crippen LogP contribution in [0.25, 0.3) is 0 Å². The van der Waals surface area contributed by atoms with Crippen molar-refractivity contribution in [1.29, 1.82) is 0 Å². The number of hydrogen-bond donors (Lipinski definition) is 0. The van der Waals surface area contributed by atoms with Crippen molar-refractivity contribution in [2.45, 2.75) is 37.7 Å². The van der Waals surface area contributed by atoms with E-state index in [1.165, 1.54) is 6.92 Å². The maximum Gasteiger partial charge on any atom is 0.308 e. The number of rotatable bonds is 9. The van der Waals surface area contributed by atoms with E-state index in [4.69, 9.17) is 4.18 Å². The zero-order valence-corrected chi connectivity index (χ0v) is 13.9. The van der Waals surface area contributed by atoms with Gasteiger partial charge >= 0.3 is 5.97 Å². The third kappa shape index (κ3) is 5.39. The number of nitro benzene ring substituents is 1. The highest BCUT2D eigenvalue weighted by atomic mass is 32.2. The smallest absolute Gasteiger partial charge is 0.308 e. The third-order valence-electron chi connectivity index (χ3n) is 2.94. The van der Waals surface area contributed by atoms with E-state index < -0.39 is 39.3 Å². The Balaban J connectivity index is 2.99. The van der Waals surface area contributed by atoms with Crippen LogP contribution >= 0.6 is 0 Å². The number of nitro groups is 1. The molecule has 0 radical (unpaired) electrons. The van der Waals surface area contributed by atoms with Crippen molar-refractivity contribution in [3.05, 3.63) is 34.4 Å². The molecule has 0 amide bonds. The van der Waals surface area contributed by atoms with Gasteiger partial charge in [0.25, 0.3) is 15.8 Å². The molecule has 0 aliphatic rings. The number of ether oxygens (including phenoxy) is 1. The van der Waals surface area contributed by atoms with Gasteiger partial charge in [-0.2, -0.15) is 8.42 Å². The number of ketones is 1. The molecule has 0 aliphatic heterocycles. The second-order valence-electron chi connectivity index (χ2n) is 4.62. The van der Waals surface area contributed by atoms with Crippen LogP contribution in [0.15, 0.2) is 29.2 Å². The molecule has 1 aromatic rings. The van der Waals surface area contributed by atoms with Gasteiger partial charge in [-0.3, -0.25) is 23.9 Å². The average molecular weight is 359 g/mol. The molecule has 0 bridgehead atoms. The fourth-order valence-electron chi connectivity index (χ4n) is 1.74. The van der Waals surface area contributed by atoms with Crippen LogP contribution in [0, 0.1) is 10.1 Å². The molecule has 9 nitrogen and oxygen atoms in total. The second kappa shape index (κ2) is 8.50. The summed E-state index contributed by atoms with van der Waals surface area (Å²) in [5.74, 6) is -1.34. The van der Waals surface area contributed by atoms with Crippen molar-refractivity contribution in [3.63, 3.8) is 0 Å². The van der Waals surface area contributed by atoms with Crippen LogP contribution in [0.2, 0.25) is 0 Å². The van der Waals surface area contributed by atoms with Gasteiger partial charge in [0.15, 0.2) is 5.78 Å². The van der Waals surface area contributed by atoms with Crippen LogP contribution in [0.5, 0.6) is 0 Å². The molecule has 1 rings (SSSR count). The molecule has 0 heterocycles.